The number of imidazole rings is 1. The maximum Gasteiger partial charge on any atom is 0.197 e. The number of fused-ring (bicyclic) bond motifs is 1. The number of hydrogen-bond acceptors (Lipinski definition) is 2. The highest BCUT2D eigenvalue weighted by atomic mass is 79.9. The number of H-pyrrole nitrogens is 1. The standard InChI is InChI=1S/C9H9BrN2OS/c1-2-14(13)9-11-7-5-3-4-6(10)8(7)12-9/h3-5H,2H2,1H3,(H,11,12). The summed E-state index contributed by atoms with van der Waals surface area (Å²) in [5, 5.41) is 0.550. The highest BCUT2D eigenvalue weighted by Gasteiger charge is 2.09. The van der Waals surface area contributed by atoms with Gasteiger partial charge in [-0.15, -0.1) is 0 Å². The van der Waals surface area contributed by atoms with Crippen molar-refractivity contribution >= 4 is 37.8 Å². The van der Waals surface area contributed by atoms with Crippen molar-refractivity contribution in [1.29, 1.82) is 0 Å². The van der Waals surface area contributed by atoms with Crippen LogP contribution in [0.15, 0.2) is 27.8 Å². The largest absolute Gasteiger partial charge is 0.331 e. The van der Waals surface area contributed by atoms with Crippen LogP contribution in [-0.4, -0.2) is 19.9 Å². The zero-order valence-electron chi connectivity index (χ0n) is 7.58. The number of aromatic amines is 1. The van der Waals surface area contributed by atoms with Crippen molar-refractivity contribution < 1.29 is 4.21 Å². The molecular weight excluding hydrogens is 264 g/mol. The van der Waals surface area contributed by atoms with Gasteiger partial charge in [0.05, 0.1) is 16.3 Å². The molecule has 1 heterocycles. The summed E-state index contributed by atoms with van der Waals surface area (Å²) in [5.74, 6) is 0.581. The lowest BCUT2D eigenvalue weighted by Crippen LogP contribution is -1.95. The Kier molecular flexibility index (Phi) is 2.69. The summed E-state index contributed by atoms with van der Waals surface area (Å²) in [7, 11) is -1.02. The molecule has 3 nitrogen and oxygen atoms in total. The molecule has 0 radical (unpaired) electrons. The fraction of sp³-hybridized carbons (Fsp3) is 0.222. The van der Waals surface area contributed by atoms with E-state index in [2.05, 4.69) is 25.9 Å². The minimum Gasteiger partial charge on any atom is -0.331 e. The second kappa shape index (κ2) is 3.82. The zero-order valence-corrected chi connectivity index (χ0v) is 9.98. The highest BCUT2D eigenvalue weighted by Crippen LogP contribution is 2.22. The number of benzene rings is 1. The molecule has 1 aromatic carbocycles. The van der Waals surface area contributed by atoms with E-state index in [0.717, 1.165) is 15.5 Å². The van der Waals surface area contributed by atoms with Crippen molar-refractivity contribution in [2.45, 2.75) is 12.1 Å². The molecule has 14 heavy (non-hydrogen) atoms. The SMILES string of the molecule is CCS(=O)c1nc2c(Br)cccc2[nH]1. The molecule has 1 atom stereocenters. The van der Waals surface area contributed by atoms with Gasteiger partial charge in [0.2, 0.25) is 0 Å². The summed E-state index contributed by atoms with van der Waals surface area (Å²) in [5.41, 5.74) is 1.75. The van der Waals surface area contributed by atoms with E-state index in [1.165, 1.54) is 0 Å². The molecule has 0 bridgehead atoms. The van der Waals surface area contributed by atoms with Gasteiger partial charge in [0.25, 0.3) is 0 Å². The lowest BCUT2D eigenvalue weighted by atomic mass is 10.3. The summed E-state index contributed by atoms with van der Waals surface area (Å²) < 4.78 is 12.4. The fourth-order valence-electron chi connectivity index (χ4n) is 1.22. The average Bonchev–Trinajstić information content (AvgIpc) is 2.62. The first kappa shape index (κ1) is 9.86. The van der Waals surface area contributed by atoms with Gasteiger partial charge in [-0.25, -0.2) is 4.98 Å². The third kappa shape index (κ3) is 1.62. The van der Waals surface area contributed by atoms with Gasteiger partial charge in [0.1, 0.15) is 5.52 Å². The van der Waals surface area contributed by atoms with Crippen molar-refractivity contribution in [3.05, 3.63) is 22.7 Å². The minimum absolute atomic E-state index is 0.550. The lowest BCUT2D eigenvalue weighted by Gasteiger charge is -1.88. The maximum absolute atomic E-state index is 11.5. The van der Waals surface area contributed by atoms with Crippen molar-refractivity contribution in [3.8, 4) is 0 Å². The van der Waals surface area contributed by atoms with Crippen molar-refractivity contribution in [2.75, 3.05) is 5.75 Å². The van der Waals surface area contributed by atoms with E-state index < -0.39 is 10.8 Å². The quantitative estimate of drug-likeness (QED) is 0.913. The van der Waals surface area contributed by atoms with E-state index in [4.69, 9.17) is 0 Å². The molecule has 1 unspecified atom stereocenters. The molecule has 5 heteroatoms. The third-order valence-corrected chi connectivity index (χ3v) is 3.71. The Morgan fingerprint density at radius 2 is 2.36 bits per heavy atom. The normalized spacial score (nSPS) is 13.3. The van der Waals surface area contributed by atoms with Gasteiger partial charge in [-0.1, -0.05) is 13.0 Å². The van der Waals surface area contributed by atoms with Crippen LogP contribution in [0.4, 0.5) is 0 Å². The topological polar surface area (TPSA) is 45.8 Å². The number of nitrogens with zero attached hydrogens (tertiary/aromatic N) is 1. The molecule has 1 aromatic heterocycles. The molecule has 0 aliphatic carbocycles. The summed E-state index contributed by atoms with van der Waals surface area (Å²) >= 11 is 3.40. The van der Waals surface area contributed by atoms with E-state index in [-0.39, 0.29) is 0 Å². The van der Waals surface area contributed by atoms with E-state index in [0.29, 0.717) is 10.9 Å². The predicted molar refractivity (Wildman–Crippen MR) is 60.7 cm³/mol. The number of nitrogens with one attached hydrogen (secondary N) is 1. The van der Waals surface area contributed by atoms with Gasteiger partial charge in [0.15, 0.2) is 5.16 Å². The Balaban J connectivity index is 2.62. The molecule has 1 N–H and O–H groups in total. The summed E-state index contributed by atoms with van der Waals surface area (Å²) in [6.07, 6.45) is 0. The van der Waals surface area contributed by atoms with Gasteiger partial charge < -0.3 is 4.98 Å². The predicted octanol–water partition coefficient (Wildman–Crippen LogP) is 2.45. The number of hydrogen-bond donors (Lipinski definition) is 1. The summed E-state index contributed by atoms with van der Waals surface area (Å²) in [6, 6.07) is 5.76. The summed E-state index contributed by atoms with van der Waals surface area (Å²) in [6.45, 7) is 1.87. The summed E-state index contributed by atoms with van der Waals surface area (Å²) in [4.78, 5) is 7.33. The van der Waals surface area contributed by atoms with E-state index in [1.54, 1.807) is 0 Å². The highest BCUT2D eigenvalue weighted by molar-refractivity contribution is 9.10. The van der Waals surface area contributed by atoms with Crippen LogP contribution in [-0.2, 0) is 10.8 Å². The molecule has 0 amide bonds. The molecule has 0 aliphatic rings. The average molecular weight is 273 g/mol. The first-order chi connectivity index (χ1) is 6.72. The molecule has 2 rings (SSSR count). The molecule has 0 aliphatic heterocycles. The molecular formula is C9H9BrN2OS. The van der Waals surface area contributed by atoms with Crippen LogP contribution in [0.25, 0.3) is 11.0 Å². The molecule has 2 aromatic rings. The zero-order chi connectivity index (χ0) is 10.1. The van der Waals surface area contributed by atoms with Crippen molar-refractivity contribution in [2.24, 2.45) is 0 Å². The maximum atomic E-state index is 11.5. The second-order valence-electron chi connectivity index (χ2n) is 2.81. The number of halogens is 1. The smallest absolute Gasteiger partial charge is 0.197 e. The van der Waals surface area contributed by atoms with E-state index in [1.807, 2.05) is 25.1 Å². The van der Waals surface area contributed by atoms with E-state index in [9.17, 15) is 4.21 Å². The Morgan fingerprint density at radius 1 is 1.57 bits per heavy atom. The molecule has 0 spiro atoms. The Hall–Kier alpha value is -0.680. The van der Waals surface area contributed by atoms with Crippen LogP contribution >= 0.6 is 15.9 Å². The Morgan fingerprint density at radius 3 is 3.00 bits per heavy atom. The fourth-order valence-corrected chi connectivity index (χ4v) is 2.36. The van der Waals surface area contributed by atoms with Crippen LogP contribution in [0.5, 0.6) is 0 Å². The van der Waals surface area contributed by atoms with Gasteiger partial charge in [-0.05, 0) is 28.1 Å². The van der Waals surface area contributed by atoms with Gasteiger partial charge in [0, 0.05) is 10.2 Å². The monoisotopic (exact) mass is 272 g/mol. The van der Waals surface area contributed by atoms with Crippen LogP contribution in [0, 0.1) is 0 Å². The Bertz CT molecular complexity index is 495. The Labute approximate surface area is 92.5 Å². The van der Waals surface area contributed by atoms with E-state index >= 15 is 0 Å². The minimum atomic E-state index is -1.02. The first-order valence-corrected chi connectivity index (χ1v) is 6.36. The van der Waals surface area contributed by atoms with Gasteiger partial charge in [-0.3, -0.25) is 4.21 Å². The molecule has 74 valence electrons. The number of rotatable bonds is 2. The van der Waals surface area contributed by atoms with Crippen molar-refractivity contribution in [1.82, 2.24) is 9.97 Å². The molecule has 0 fully saturated rings. The van der Waals surface area contributed by atoms with Gasteiger partial charge in [-0.2, -0.15) is 0 Å². The third-order valence-electron chi connectivity index (χ3n) is 1.92. The van der Waals surface area contributed by atoms with Crippen LogP contribution < -0.4 is 0 Å². The van der Waals surface area contributed by atoms with Gasteiger partial charge >= 0.3 is 0 Å². The second-order valence-corrected chi connectivity index (χ2v) is 5.32. The molecule has 0 saturated heterocycles. The van der Waals surface area contributed by atoms with Crippen molar-refractivity contribution in [3.63, 3.8) is 0 Å². The lowest BCUT2D eigenvalue weighted by molar-refractivity contribution is 0.679. The van der Waals surface area contributed by atoms with Crippen LogP contribution in [0.2, 0.25) is 0 Å². The molecule has 0 saturated carbocycles. The van der Waals surface area contributed by atoms with Crippen LogP contribution in [0.1, 0.15) is 6.92 Å². The first-order valence-electron chi connectivity index (χ1n) is 4.25. The number of para-hydroxylation sites is 1. The number of aromatic nitrogens is 2. The van der Waals surface area contributed by atoms with Crippen LogP contribution in [0.3, 0.4) is 0 Å².